The number of aryl methyl sites for hydroxylation is 1. The van der Waals surface area contributed by atoms with E-state index in [4.69, 9.17) is 23.2 Å². The quantitative estimate of drug-likeness (QED) is 0.442. The molecule has 1 aromatic heterocycles. The molecule has 1 aromatic carbocycles. The number of imidazole rings is 1. The summed E-state index contributed by atoms with van der Waals surface area (Å²) in [6, 6.07) is 5.93. The number of hydrogen-bond acceptors (Lipinski definition) is 4. The Balaban J connectivity index is 2.36. The summed E-state index contributed by atoms with van der Waals surface area (Å²) in [7, 11) is 1.32. The van der Waals surface area contributed by atoms with Crippen molar-refractivity contribution < 1.29 is 9.53 Å². The highest BCUT2D eigenvalue weighted by atomic mass is 35.5. The van der Waals surface area contributed by atoms with Gasteiger partial charge in [-0.1, -0.05) is 29.3 Å². The van der Waals surface area contributed by atoms with Crippen molar-refractivity contribution in [1.29, 1.82) is 0 Å². The van der Waals surface area contributed by atoms with Gasteiger partial charge in [0.15, 0.2) is 5.15 Å². The predicted molar refractivity (Wildman–Crippen MR) is 95.4 cm³/mol. The van der Waals surface area contributed by atoms with E-state index in [1.165, 1.54) is 13.2 Å². The first-order chi connectivity index (χ1) is 11.0. The van der Waals surface area contributed by atoms with Gasteiger partial charge in [0.25, 0.3) is 0 Å². The Labute approximate surface area is 149 Å². The van der Waals surface area contributed by atoms with Gasteiger partial charge >= 0.3 is 5.97 Å². The molecule has 0 saturated heterocycles. The minimum absolute atomic E-state index is 0.333. The van der Waals surface area contributed by atoms with Gasteiger partial charge in [-0.3, -0.25) is 0 Å². The summed E-state index contributed by atoms with van der Waals surface area (Å²) in [5.74, 6) is 0.290. The Hall–Kier alpha value is -1.43. The van der Waals surface area contributed by atoms with E-state index in [0.29, 0.717) is 22.4 Å². The monoisotopic (exact) mass is 370 g/mol. The number of carbonyl (C=O) groups excluding carboxylic acids is 1. The van der Waals surface area contributed by atoms with Crippen LogP contribution in [0, 0.1) is 6.92 Å². The largest absolute Gasteiger partial charge is 0.466 e. The van der Waals surface area contributed by atoms with Gasteiger partial charge in [-0.25, -0.2) is 9.78 Å². The van der Waals surface area contributed by atoms with Gasteiger partial charge in [0, 0.05) is 16.0 Å². The maximum absolute atomic E-state index is 11.3. The second kappa shape index (κ2) is 7.90. The van der Waals surface area contributed by atoms with Gasteiger partial charge in [0.1, 0.15) is 5.82 Å². The van der Waals surface area contributed by atoms with Crippen molar-refractivity contribution in [2.75, 3.05) is 13.4 Å². The molecule has 4 nitrogen and oxygen atoms in total. The predicted octanol–water partition coefficient (Wildman–Crippen LogP) is 4.45. The van der Waals surface area contributed by atoms with E-state index in [-0.39, 0.29) is 0 Å². The molecule has 0 fully saturated rings. The maximum atomic E-state index is 11.3. The van der Waals surface area contributed by atoms with Crippen molar-refractivity contribution in [3.63, 3.8) is 0 Å². The Bertz CT molecular complexity index is 757. The summed E-state index contributed by atoms with van der Waals surface area (Å²) in [6.07, 6.45) is 4.91. The number of thioether (sulfide) groups is 1. The summed E-state index contributed by atoms with van der Waals surface area (Å²) >= 11 is 14.1. The number of hydrogen-bond donors (Lipinski definition) is 0. The normalized spacial score (nSPS) is 11.2. The average Bonchev–Trinajstić information content (AvgIpc) is 2.80. The lowest BCUT2D eigenvalue weighted by molar-refractivity contribution is -0.134. The second-order valence-corrected chi connectivity index (χ2v) is 6.38. The zero-order valence-electron chi connectivity index (χ0n) is 13.0. The second-order valence-electron chi connectivity index (χ2n) is 4.74. The van der Waals surface area contributed by atoms with Crippen molar-refractivity contribution >= 4 is 47.0 Å². The molecule has 0 bridgehead atoms. The highest BCUT2D eigenvalue weighted by Crippen LogP contribution is 2.26. The van der Waals surface area contributed by atoms with Crippen LogP contribution in [0.4, 0.5) is 0 Å². The minimum atomic E-state index is -0.450. The lowest BCUT2D eigenvalue weighted by Gasteiger charge is -2.11. The van der Waals surface area contributed by atoms with Crippen LogP contribution >= 0.6 is 35.0 Å². The van der Waals surface area contributed by atoms with Gasteiger partial charge in [-0.05, 0) is 37.0 Å². The van der Waals surface area contributed by atoms with Crippen molar-refractivity contribution in [3.05, 3.63) is 51.5 Å². The molecule has 23 heavy (non-hydrogen) atoms. The number of carbonyl (C=O) groups is 1. The molecule has 0 aliphatic carbocycles. The molecule has 0 aliphatic heterocycles. The maximum Gasteiger partial charge on any atom is 0.330 e. The lowest BCUT2D eigenvalue weighted by atomic mass is 10.2. The first kappa shape index (κ1) is 17.9. The number of aromatic nitrogens is 2. The van der Waals surface area contributed by atoms with Crippen molar-refractivity contribution in [3.8, 4) is 0 Å². The van der Waals surface area contributed by atoms with Gasteiger partial charge < -0.3 is 9.30 Å². The molecule has 0 amide bonds. The number of methoxy groups -OCH3 is 1. The van der Waals surface area contributed by atoms with Crippen LogP contribution < -0.4 is 0 Å². The topological polar surface area (TPSA) is 44.1 Å². The Morgan fingerprint density at radius 3 is 2.78 bits per heavy atom. The van der Waals surface area contributed by atoms with Crippen LogP contribution in [-0.4, -0.2) is 28.9 Å². The Morgan fingerprint density at radius 1 is 1.43 bits per heavy atom. The smallest absolute Gasteiger partial charge is 0.330 e. The van der Waals surface area contributed by atoms with Crippen LogP contribution in [0.2, 0.25) is 10.2 Å². The van der Waals surface area contributed by atoms with Crippen LogP contribution in [0.3, 0.4) is 0 Å². The number of rotatable bonds is 5. The molecule has 122 valence electrons. The van der Waals surface area contributed by atoms with E-state index in [1.807, 2.05) is 35.9 Å². The number of halogens is 2. The molecule has 0 N–H and O–H groups in total. The van der Waals surface area contributed by atoms with E-state index in [9.17, 15) is 4.79 Å². The fourth-order valence-corrected chi connectivity index (χ4v) is 3.10. The van der Waals surface area contributed by atoms with Crippen LogP contribution in [0.25, 0.3) is 6.08 Å². The fourth-order valence-electron chi connectivity index (χ4n) is 2.07. The molecule has 7 heteroatoms. The highest BCUT2D eigenvalue weighted by Gasteiger charge is 2.13. The summed E-state index contributed by atoms with van der Waals surface area (Å²) in [4.78, 5) is 16.6. The number of esters is 1. The van der Waals surface area contributed by atoms with E-state index < -0.39 is 5.97 Å². The first-order valence-corrected chi connectivity index (χ1v) is 8.75. The van der Waals surface area contributed by atoms with Gasteiger partial charge in [-0.15, -0.1) is 11.8 Å². The van der Waals surface area contributed by atoms with E-state index in [0.717, 1.165) is 16.3 Å². The van der Waals surface area contributed by atoms with E-state index >= 15 is 0 Å². The van der Waals surface area contributed by atoms with Gasteiger partial charge in [-0.2, -0.15) is 0 Å². The molecule has 0 radical (unpaired) electrons. The zero-order chi connectivity index (χ0) is 17.0. The Kier molecular flexibility index (Phi) is 6.16. The van der Waals surface area contributed by atoms with Gasteiger partial charge in [0.2, 0.25) is 0 Å². The molecule has 0 unspecified atom stereocenters. The summed E-state index contributed by atoms with van der Waals surface area (Å²) in [5, 5.41) is 1.02. The zero-order valence-corrected chi connectivity index (χ0v) is 15.3. The third-order valence-electron chi connectivity index (χ3n) is 3.32. The summed E-state index contributed by atoms with van der Waals surface area (Å²) in [5.41, 5.74) is 1.59. The van der Waals surface area contributed by atoms with Crippen LogP contribution in [0.1, 0.15) is 17.1 Å². The Morgan fingerprint density at radius 2 is 2.17 bits per heavy atom. The minimum Gasteiger partial charge on any atom is -0.466 e. The SMILES string of the molecule is COC(=O)/C=C/c1c(Cl)nc(C)n1Cc1ccc(SC)cc1Cl. The summed E-state index contributed by atoms with van der Waals surface area (Å²) in [6.45, 7) is 2.37. The molecule has 0 atom stereocenters. The van der Waals surface area contributed by atoms with E-state index in [2.05, 4.69) is 9.72 Å². The molecule has 2 rings (SSSR count). The van der Waals surface area contributed by atoms with Crippen LogP contribution in [0.15, 0.2) is 29.2 Å². The molecular formula is C16H16Cl2N2O2S. The molecular weight excluding hydrogens is 355 g/mol. The molecule has 0 aliphatic rings. The van der Waals surface area contributed by atoms with Crippen molar-refractivity contribution in [2.24, 2.45) is 0 Å². The van der Waals surface area contributed by atoms with Crippen LogP contribution in [-0.2, 0) is 16.1 Å². The molecule has 1 heterocycles. The fraction of sp³-hybridized carbons (Fsp3) is 0.250. The molecule has 0 saturated carbocycles. The standard InChI is InChI=1S/C16H16Cl2N2O2S/c1-10-19-16(18)14(6-7-15(21)22-2)20(10)9-11-4-5-12(23-3)8-13(11)17/h4-8H,9H2,1-3H3/b7-6+. The number of nitrogens with zero attached hydrogens (tertiary/aromatic N) is 2. The number of ether oxygens (including phenoxy) is 1. The van der Waals surface area contributed by atoms with Crippen molar-refractivity contribution in [2.45, 2.75) is 18.4 Å². The highest BCUT2D eigenvalue weighted by molar-refractivity contribution is 7.98. The number of benzene rings is 1. The average molecular weight is 371 g/mol. The molecule has 0 spiro atoms. The van der Waals surface area contributed by atoms with E-state index in [1.54, 1.807) is 17.8 Å². The summed E-state index contributed by atoms with van der Waals surface area (Å²) < 4.78 is 6.50. The molecule has 2 aromatic rings. The van der Waals surface area contributed by atoms with Crippen LogP contribution in [0.5, 0.6) is 0 Å². The third kappa shape index (κ3) is 4.31. The lowest BCUT2D eigenvalue weighted by Crippen LogP contribution is -2.05. The van der Waals surface area contributed by atoms with Gasteiger partial charge in [0.05, 0.1) is 19.3 Å². The third-order valence-corrected chi connectivity index (χ3v) is 4.68. The first-order valence-electron chi connectivity index (χ1n) is 6.77. The van der Waals surface area contributed by atoms with Crippen molar-refractivity contribution in [1.82, 2.24) is 9.55 Å².